The molecule has 1 saturated carbocycles. The predicted octanol–water partition coefficient (Wildman–Crippen LogP) is 3.12. The quantitative estimate of drug-likeness (QED) is 0.345. The number of carbonyl (C=O) groups excluding carboxylic acids is 2. The Morgan fingerprint density at radius 1 is 1.46 bits per heavy atom. The van der Waals surface area contributed by atoms with Crippen molar-refractivity contribution in [3.05, 3.63) is 35.5 Å². The van der Waals surface area contributed by atoms with Crippen molar-refractivity contribution in [1.82, 2.24) is 0 Å². The molecule has 0 N–H and O–H groups in total. The summed E-state index contributed by atoms with van der Waals surface area (Å²) in [5, 5.41) is 9.01. The van der Waals surface area contributed by atoms with Crippen molar-refractivity contribution in [2.45, 2.75) is 40.2 Å². The molecule has 0 bridgehead atoms. The zero-order chi connectivity index (χ0) is 18.1. The Balaban J connectivity index is 2.13. The van der Waals surface area contributed by atoms with Crippen molar-refractivity contribution >= 4 is 11.8 Å². The van der Waals surface area contributed by atoms with E-state index >= 15 is 0 Å². The van der Waals surface area contributed by atoms with Gasteiger partial charge in [0.05, 0.1) is 24.0 Å². The van der Waals surface area contributed by atoms with E-state index in [0.717, 1.165) is 5.57 Å². The summed E-state index contributed by atoms with van der Waals surface area (Å²) in [6, 6.07) is 2.05. The van der Waals surface area contributed by atoms with Gasteiger partial charge in [0.1, 0.15) is 6.10 Å². The van der Waals surface area contributed by atoms with Crippen LogP contribution in [0.5, 0.6) is 0 Å². The van der Waals surface area contributed by atoms with Gasteiger partial charge in [0.15, 0.2) is 5.78 Å². The second-order valence-electron chi connectivity index (χ2n) is 6.75. The topological polar surface area (TPSA) is 67.2 Å². The molecule has 2 aliphatic rings. The zero-order valence-electron chi connectivity index (χ0n) is 14.5. The lowest BCUT2D eigenvalue weighted by Crippen LogP contribution is -2.20. The molecule has 0 aliphatic heterocycles. The molecule has 4 nitrogen and oxygen atoms in total. The number of carbonyl (C=O) groups is 2. The largest absolute Gasteiger partial charge is 0.457 e. The van der Waals surface area contributed by atoms with Gasteiger partial charge < -0.3 is 4.74 Å². The van der Waals surface area contributed by atoms with E-state index in [1.807, 2.05) is 19.9 Å². The highest BCUT2D eigenvalue weighted by atomic mass is 16.5. The number of nitriles is 1. The van der Waals surface area contributed by atoms with Crippen LogP contribution < -0.4 is 0 Å². The first-order valence-electron chi connectivity index (χ1n) is 7.89. The lowest BCUT2D eigenvalue weighted by molar-refractivity contribution is -0.150. The van der Waals surface area contributed by atoms with Crippen molar-refractivity contribution in [2.75, 3.05) is 0 Å². The van der Waals surface area contributed by atoms with Crippen LogP contribution in [-0.4, -0.2) is 17.9 Å². The zero-order valence-corrected chi connectivity index (χ0v) is 14.5. The van der Waals surface area contributed by atoms with Crippen molar-refractivity contribution in [3.8, 4) is 17.9 Å². The SMILES string of the molecule is C=C/C(C#N)=C/[C@@H]1[C@@H](C(=O)O[C@H]2CC(=O)C(C#CC)=C2C)C1(C)C. The fourth-order valence-electron chi connectivity index (χ4n) is 3.22. The molecule has 0 heterocycles. The fraction of sp³-hybridized carbons (Fsp3) is 0.450. The van der Waals surface area contributed by atoms with Gasteiger partial charge >= 0.3 is 5.97 Å². The van der Waals surface area contributed by atoms with Crippen molar-refractivity contribution in [3.63, 3.8) is 0 Å². The summed E-state index contributed by atoms with van der Waals surface area (Å²) in [4.78, 5) is 24.5. The van der Waals surface area contributed by atoms with Gasteiger partial charge in [-0.2, -0.15) is 5.26 Å². The molecule has 0 aromatic rings. The molecule has 4 heteroatoms. The molecule has 3 atom stereocenters. The molecule has 0 spiro atoms. The summed E-state index contributed by atoms with van der Waals surface area (Å²) in [5.41, 5.74) is 1.36. The van der Waals surface area contributed by atoms with Crippen molar-refractivity contribution in [2.24, 2.45) is 17.3 Å². The third-order valence-electron chi connectivity index (χ3n) is 4.91. The first kappa shape index (κ1) is 17.8. The van der Waals surface area contributed by atoms with Crippen LogP contribution in [0.15, 0.2) is 35.5 Å². The third kappa shape index (κ3) is 3.05. The number of nitrogens with zero attached hydrogens (tertiary/aromatic N) is 1. The first-order valence-corrected chi connectivity index (χ1v) is 7.89. The van der Waals surface area contributed by atoms with Gasteiger partial charge in [0.2, 0.25) is 0 Å². The Kier molecular flexibility index (Phi) is 4.81. The first-order chi connectivity index (χ1) is 11.3. The number of Topliss-reactive ketones (excluding diaryl/α,β-unsaturated/α-hetero) is 1. The van der Waals surface area contributed by atoms with Crippen LogP contribution in [0.4, 0.5) is 0 Å². The summed E-state index contributed by atoms with van der Waals surface area (Å²) in [6.45, 7) is 11.0. The summed E-state index contributed by atoms with van der Waals surface area (Å²) in [6.07, 6.45) is 2.88. The minimum atomic E-state index is -0.531. The Morgan fingerprint density at radius 2 is 2.12 bits per heavy atom. The number of rotatable bonds is 4. The van der Waals surface area contributed by atoms with E-state index in [-0.39, 0.29) is 35.4 Å². The lowest BCUT2D eigenvalue weighted by atomic mass is 10.1. The molecule has 0 aromatic carbocycles. The molecular formula is C20H21NO3. The van der Waals surface area contributed by atoms with Crippen LogP contribution in [0.2, 0.25) is 0 Å². The monoisotopic (exact) mass is 323 g/mol. The van der Waals surface area contributed by atoms with Crippen LogP contribution in [0.25, 0.3) is 0 Å². The summed E-state index contributed by atoms with van der Waals surface area (Å²) >= 11 is 0. The average molecular weight is 323 g/mol. The number of allylic oxidation sites excluding steroid dienone is 4. The van der Waals surface area contributed by atoms with E-state index in [2.05, 4.69) is 18.4 Å². The third-order valence-corrected chi connectivity index (χ3v) is 4.91. The van der Waals surface area contributed by atoms with Crippen LogP contribution in [0.1, 0.15) is 34.1 Å². The van der Waals surface area contributed by atoms with Gasteiger partial charge in [-0.05, 0) is 30.8 Å². The standard InChI is InChI=1S/C20H21NO3/c1-6-8-14-12(3)17(10-16(14)22)24-19(23)18-15(20(18,4)5)9-13(7-2)11-21/h7,9,15,17-18H,2,10H2,1,3-5H3/b13-9-/t15-,17+,18+/m1/s1. The summed E-state index contributed by atoms with van der Waals surface area (Å²) in [7, 11) is 0. The minimum absolute atomic E-state index is 0.0612. The molecular weight excluding hydrogens is 302 g/mol. The molecule has 24 heavy (non-hydrogen) atoms. The van der Waals surface area contributed by atoms with Crippen molar-refractivity contribution < 1.29 is 14.3 Å². The van der Waals surface area contributed by atoms with Crippen LogP contribution in [-0.2, 0) is 14.3 Å². The maximum absolute atomic E-state index is 12.5. The molecule has 2 aliphatic carbocycles. The van der Waals surface area contributed by atoms with Gasteiger partial charge in [-0.15, -0.1) is 5.92 Å². The highest BCUT2D eigenvalue weighted by Crippen LogP contribution is 2.60. The molecule has 124 valence electrons. The Hall–Kier alpha value is -2.59. The Labute approximate surface area is 142 Å². The molecule has 0 amide bonds. The van der Waals surface area contributed by atoms with E-state index in [0.29, 0.717) is 11.1 Å². The smallest absolute Gasteiger partial charge is 0.310 e. The van der Waals surface area contributed by atoms with Crippen LogP contribution >= 0.6 is 0 Å². The van der Waals surface area contributed by atoms with Crippen LogP contribution in [0, 0.1) is 40.4 Å². The van der Waals surface area contributed by atoms with Gasteiger partial charge in [0, 0.05) is 5.57 Å². The molecule has 0 radical (unpaired) electrons. The number of esters is 1. The Bertz CT molecular complexity index is 765. The van der Waals surface area contributed by atoms with Gasteiger partial charge in [-0.1, -0.05) is 38.5 Å². The number of ether oxygens (including phenoxy) is 1. The Morgan fingerprint density at radius 3 is 2.67 bits per heavy atom. The van der Waals surface area contributed by atoms with E-state index in [9.17, 15) is 9.59 Å². The van der Waals surface area contributed by atoms with Gasteiger partial charge in [0.25, 0.3) is 0 Å². The number of hydrogen-bond acceptors (Lipinski definition) is 4. The van der Waals surface area contributed by atoms with Gasteiger partial charge in [-0.25, -0.2) is 0 Å². The molecule has 2 rings (SSSR count). The minimum Gasteiger partial charge on any atom is -0.457 e. The normalized spacial score (nSPS) is 27.9. The second-order valence-corrected chi connectivity index (χ2v) is 6.75. The molecule has 1 fully saturated rings. The summed E-state index contributed by atoms with van der Waals surface area (Å²) in [5.74, 6) is 4.72. The van der Waals surface area contributed by atoms with Crippen LogP contribution in [0.3, 0.4) is 0 Å². The predicted molar refractivity (Wildman–Crippen MR) is 90.3 cm³/mol. The van der Waals surface area contributed by atoms with Crippen molar-refractivity contribution in [1.29, 1.82) is 5.26 Å². The highest BCUT2D eigenvalue weighted by molar-refractivity contribution is 6.03. The lowest BCUT2D eigenvalue weighted by Gasteiger charge is -2.13. The maximum Gasteiger partial charge on any atom is 0.310 e. The van der Waals surface area contributed by atoms with Gasteiger partial charge in [-0.3, -0.25) is 9.59 Å². The number of hydrogen-bond donors (Lipinski definition) is 0. The molecule has 0 saturated heterocycles. The molecule has 0 unspecified atom stereocenters. The highest BCUT2D eigenvalue weighted by Gasteiger charge is 2.62. The summed E-state index contributed by atoms with van der Waals surface area (Å²) < 4.78 is 5.59. The average Bonchev–Trinajstić information content (AvgIpc) is 2.98. The second kappa shape index (κ2) is 6.49. The fourth-order valence-corrected chi connectivity index (χ4v) is 3.22. The van der Waals surface area contributed by atoms with E-state index in [1.54, 1.807) is 19.9 Å². The molecule has 0 aromatic heterocycles. The van der Waals surface area contributed by atoms with E-state index < -0.39 is 6.10 Å². The maximum atomic E-state index is 12.5. The number of ketones is 1. The van der Waals surface area contributed by atoms with E-state index in [1.165, 1.54) is 6.08 Å². The van der Waals surface area contributed by atoms with E-state index in [4.69, 9.17) is 10.00 Å².